The molecule has 0 saturated heterocycles. The third kappa shape index (κ3) is 3.63. The fraction of sp³-hybridized carbons (Fsp3) is 0.333. The number of ether oxygens (including phenoxy) is 1. The largest absolute Gasteiger partial charge is 0.496 e. The Bertz CT molecular complexity index is 606. The first kappa shape index (κ1) is 15.5. The van der Waals surface area contributed by atoms with Gasteiger partial charge >= 0.3 is 0 Å². The third-order valence-corrected chi connectivity index (χ3v) is 3.54. The summed E-state index contributed by atoms with van der Waals surface area (Å²) >= 11 is 0. The lowest BCUT2D eigenvalue weighted by atomic mass is 9.95. The van der Waals surface area contributed by atoms with Gasteiger partial charge in [-0.3, -0.25) is 0 Å². The number of hydrogen-bond acceptors (Lipinski definition) is 3. The monoisotopic (exact) mass is 284 g/mol. The quantitative estimate of drug-likeness (QED) is 0.914. The Balaban J connectivity index is 2.57. The van der Waals surface area contributed by atoms with Crippen molar-refractivity contribution in [3.8, 4) is 16.9 Å². The molecule has 1 unspecified atom stereocenters. The number of rotatable bonds is 5. The van der Waals surface area contributed by atoms with Gasteiger partial charge in [0.05, 0.1) is 7.11 Å². The highest BCUT2D eigenvalue weighted by molar-refractivity contribution is 5.74. The fourth-order valence-electron chi connectivity index (χ4n) is 2.48. The van der Waals surface area contributed by atoms with Crippen LogP contribution in [-0.4, -0.2) is 26.1 Å². The first-order valence-electron chi connectivity index (χ1n) is 7.19. The normalized spacial score (nSPS) is 12.5. The first-order valence-corrected chi connectivity index (χ1v) is 7.19. The number of nitrogens with two attached hydrogens (primary N) is 1. The maximum atomic E-state index is 6.02. The van der Waals surface area contributed by atoms with Gasteiger partial charge in [0.15, 0.2) is 0 Å². The molecule has 0 spiro atoms. The lowest BCUT2D eigenvalue weighted by Crippen LogP contribution is -2.11. The standard InChI is InChI=1S/C18H24N2O/c1-13(19)14-9-10-18(21-4)17(11-14)16-8-6-5-7-15(16)12-20(2)3/h5-11,13H,12,19H2,1-4H3. The maximum absolute atomic E-state index is 6.02. The van der Waals surface area contributed by atoms with Crippen molar-refractivity contribution in [2.45, 2.75) is 19.5 Å². The predicted octanol–water partition coefficient (Wildman–Crippen LogP) is 3.44. The van der Waals surface area contributed by atoms with Crippen molar-refractivity contribution >= 4 is 0 Å². The maximum Gasteiger partial charge on any atom is 0.126 e. The highest BCUT2D eigenvalue weighted by Gasteiger charge is 2.12. The van der Waals surface area contributed by atoms with Crippen molar-refractivity contribution in [1.82, 2.24) is 4.90 Å². The average Bonchev–Trinajstić information content (AvgIpc) is 2.46. The van der Waals surface area contributed by atoms with Crippen LogP contribution in [0.1, 0.15) is 24.1 Å². The molecule has 2 N–H and O–H groups in total. The van der Waals surface area contributed by atoms with Crippen molar-refractivity contribution in [3.05, 3.63) is 53.6 Å². The van der Waals surface area contributed by atoms with E-state index in [1.807, 2.05) is 19.1 Å². The summed E-state index contributed by atoms with van der Waals surface area (Å²) in [7, 11) is 5.86. The van der Waals surface area contributed by atoms with E-state index in [0.29, 0.717) is 0 Å². The Kier molecular flexibility index (Phi) is 4.99. The van der Waals surface area contributed by atoms with E-state index in [1.54, 1.807) is 7.11 Å². The molecule has 0 aliphatic carbocycles. The summed E-state index contributed by atoms with van der Waals surface area (Å²) < 4.78 is 5.54. The highest BCUT2D eigenvalue weighted by Crippen LogP contribution is 2.34. The predicted molar refractivity (Wildman–Crippen MR) is 88.4 cm³/mol. The molecule has 21 heavy (non-hydrogen) atoms. The van der Waals surface area contributed by atoms with E-state index in [1.165, 1.54) is 11.1 Å². The van der Waals surface area contributed by atoms with Gasteiger partial charge in [0, 0.05) is 18.2 Å². The minimum atomic E-state index is 0.00988. The molecule has 0 amide bonds. The smallest absolute Gasteiger partial charge is 0.126 e. The van der Waals surface area contributed by atoms with Gasteiger partial charge in [-0.15, -0.1) is 0 Å². The van der Waals surface area contributed by atoms with Gasteiger partial charge in [-0.1, -0.05) is 30.3 Å². The molecule has 2 aromatic carbocycles. The second-order valence-electron chi connectivity index (χ2n) is 5.64. The zero-order valence-electron chi connectivity index (χ0n) is 13.3. The molecular formula is C18H24N2O. The van der Waals surface area contributed by atoms with Crippen molar-refractivity contribution in [2.24, 2.45) is 5.73 Å². The van der Waals surface area contributed by atoms with E-state index in [0.717, 1.165) is 23.4 Å². The van der Waals surface area contributed by atoms with Crippen LogP contribution in [0.3, 0.4) is 0 Å². The Morgan fingerprint density at radius 1 is 1.10 bits per heavy atom. The van der Waals surface area contributed by atoms with Gasteiger partial charge in [-0.05, 0) is 49.8 Å². The van der Waals surface area contributed by atoms with Gasteiger partial charge in [0.25, 0.3) is 0 Å². The molecule has 0 aliphatic heterocycles. The molecule has 0 aromatic heterocycles. The second kappa shape index (κ2) is 6.74. The zero-order valence-corrected chi connectivity index (χ0v) is 13.3. The first-order chi connectivity index (χ1) is 10.0. The van der Waals surface area contributed by atoms with Crippen LogP contribution in [0.2, 0.25) is 0 Å². The van der Waals surface area contributed by atoms with Crippen LogP contribution in [0.25, 0.3) is 11.1 Å². The number of hydrogen-bond donors (Lipinski definition) is 1. The molecule has 112 valence electrons. The Morgan fingerprint density at radius 3 is 2.43 bits per heavy atom. The van der Waals surface area contributed by atoms with Crippen LogP contribution in [0.4, 0.5) is 0 Å². The molecule has 0 bridgehead atoms. The van der Waals surface area contributed by atoms with E-state index < -0.39 is 0 Å². The summed E-state index contributed by atoms with van der Waals surface area (Å²) in [6.45, 7) is 2.89. The average molecular weight is 284 g/mol. The molecular weight excluding hydrogens is 260 g/mol. The SMILES string of the molecule is COc1ccc(C(C)N)cc1-c1ccccc1CN(C)C. The summed E-state index contributed by atoms with van der Waals surface area (Å²) in [5.74, 6) is 0.880. The lowest BCUT2D eigenvalue weighted by Gasteiger charge is -2.18. The van der Waals surface area contributed by atoms with Crippen LogP contribution >= 0.6 is 0 Å². The molecule has 1 atom stereocenters. The molecule has 0 aliphatic rings. The van der Waals surface area contributed by atoms with E-state index in [4.69, 9.17) is 10.5 Å². The van der Waals surface area contributed by atoms with Gasteiger partial charge in [-0.25, -0.2) is 0 Å². The van der Waals surface area contributed by atoms with Crippen LogP contribution in [0, 0.1) is 0 Å². The topological polar surface area (TPSA) is 38.5 Å². The molecule has 0 saturated carbocycles. The minimum Gasteiger partial charge on any atom is -0.496 e. The fourth-order valence-corrected chi connectivity index (χ4v) is 2.48. The Hall–Kier alpha value is -1.84. The summed E-state index contributed by atoms with van der Waals surface area (Å²) in [4.78, 5) is 2.17. The molecule has 2 rings (SSSR count). The van der Waals surface area contributed by atoms with Gasteiger partial charge < -0.3 is 15.4 Å². The Labute approximate surface area is 127 Å². The van der Waals surface area contributed by atoms with Crippen molar-refractivity contribution in [3.63, 3.8) is 0 Å². The molecule has 0 fully saturated rings. The Morgan fingerprint density at radius 2 is 1.81 bits per heavy atom. The van der Waals surface area contributed by atoms with Crippen LogP contribution < -0.4 is 10.5 Å². The molecule has 3 heteroatoms. The number of nitrogens with zero attached hydrogens (tertiary/aromatic N) is 1. The van der Waals surface area contributed by atoms with E-state index in [9.17, 15) is 0 Å². The minimum absolute atomic E-state index is 0.00988. The molecule has 2 aromatic rings. The molecule has 3 nitrogen and oxygen atoms in total. The van der Waals surface area contributed by atoms with Crippen molar-refractivity contribution in [1.29, 1.82) is 0 Å². The zero-order chi connectivity index (χ0) is 15.4. The summed E-state index contributed by atoms with van der Waals surface area (Å²) in [5, 5.41) is 0. The van der Waals surface area contributed by atoms with E-state index in [-0.39, 0.29) is 6.04 Å². The van der Waals surface area contributed by atoms with Gasteiger partial charge in [0.1, 0.15) is 5.75 Å². The second-order valence-corrected chi connectivity index (χ2v) is 5.64. The van der Waals surface area contributed by atoms with Crippen LogP contribution in [0.15, 0.2) is 42.5 Å². The third-order valence-electron chi connectivity index (χ3n) is 3.54. The molecule has 0 heterocycles. The lowest BCUT2D eigenvalue weighted by molar-refractivity contribution is 0.402. The van der Waals surface area contributed by atoms with Crippen molar-refractivity contribution < 1.29 is 4.74 Å². The van der Waals surface area contributed by atoms with Gasteiger partial charge in [0.2, 0.25) is 0 Å². The number of methoxy groups -OCH3 is 1. The van der Waals surface area contributed by atoms with Crippen molar-refractivity contribution in [2.75, 3.05) is 21.2 Å². The van der Waals surface area contributed by atoms with E-state index >= 15 is 0 Å². The summed E-state index contributed by atoms with van der Waals surface area (Å²) in [5.41, 5.74) is 10.7. The summed E-state index contributed by atoms with van der Waals surface area (Å²) in [6.07, 6.45) is 0. The number of benzene rings is 2. The van der Waals surface area contributed by atoms with Gasteiger partial charge in [-0.2, -0.15) is 0 Å². The van der Waals surface area contributed by atoms with E-state index in [2.05, 4.69) is 49.3 Å². The van der Waals surface area contributed by atoms with Crippen LogP contribution in [-0.2, 0) is 6.54 Å². The summed E-state index contributed by atoms with van der Waals surface area (Å²) in [6, 6.07) is 14.6. The molecule has 0 radical (unpaired) electrons. The highest BCUT2D eigenvalue weighted by atomic mass is 16.5. The van der Waals surface area contributed by atoms with Crippen LogP contribution in [0.5, 0.6) is 5.75 Å².